The molecule has 73 heavy (non-hydrogen) atoms. The molecule has 1 fully saturated rings. The van der Waals surface area contributed by atoms with Crippen molar-refractivity contribution in [3.05, 3.63) is 133 Å². The van der Waals surface area contributed by atoms with Crippen LogP contribution in [-0.2, 0) is 25.6 Å². The van der Waals surface area contributed by atoms with Gasteiger partial charge in [0.2, 0.25) is 23.6 Å². The molecule has 8 rings (SSSR count). The molecule has 0 radical (unpaired) electrons. The second kappa shape index (κ2) is 22.0. The van der Waals surface area contributed by atoms with Gasteiger partial charge < -0.3 is 30.7 Å². The normalized spacial score (nSPS) is 17.7. The summed E-state index contributed by atoms with van der Waals surface area (Å²) in [7, 11) is 0. The summed E-state index contributed by atoms with van der Waals surface area (Å²) in [6.45, 7) is 17.1. The lowest BCUT2D eigenvalue weighted by Gasteiger charge is -2.35. The first-order chi connectivity index (χ1) is 34.7. The Kier molecular flexibility index (Phi) is 16.0. The first-order valence-corrected chi connectivity index (χ1v) is 26.4. The third-order valence-electron chi connectivity index (χ3n) is 13.4. The van der Waals surface area contributed by atoms with Gasteiger partial charge in [-0.05, 0) is 106 Å². The number of hydrogen-bond acceptors (Lipinski definition) is 12. The molecule has 19 heteroatoms. The molecule has 0 bridgehead atoms. The van der Waals surface area contributed by atoms with Gasteiger partial charge in [0.15, 0.2) is 5.82 Å². The van der Waals surface area contributed by atoms with Gasteiger partial charge in [0.25, 0.3) is 0 Å². The SMILES string of the molecule is Cc1ncsc1-c1ccc([C@H](C)NC(=O)[C@@H]2C[C@@H](O)CN2C(=O)[C@@H](NC(=O)CCc2cc(OC(C)CNC(=O)CC3N=C(c4ccc(Cl)cc4)c4c(sc(C)c4C)-n4c(C)nnc43)ccc2F)C(C)(C)C)cc1. The predicted molar refractivity (Wildman–Crippen MR) is 282 cm³/mol. The summed E-state index contributed by atoms with van der Waals surface area (Å²) in [6.07, 6.45) is -1.58. The Morgan fingerprint density at radius 2 is 1.66 bits per heavy atom. The number of rotatable bonds is 16. The number of ether oxygens (including phenoxy) is 1. The molecule has 6 atom stereocenters. The predicted octanol–water partition coefficient (Wildman–Crippen LogP) is 8.65. The average Bonchev–Trinajstić information content (AvgIpc) is 4.12. The van der Waals surface area contributed by atoms with Crippen LogP contribution in [0.5, 0.6) is 5.75 Å². The molecule has 0 spiro atoms. The summed E-state index contributed by atoms with van der Waals surface area (Å²) in [5, 5.41) is 30.0. The van der Waals surface area contributed by atoms with Crippen molar-refractivity contribution in [1.82, 2.24) is 40.6 Å². The number of aliphatic hydroxyl groups excluding tert-OH is 1. The molecule has 4 N–H and O–H groups in total. The lowest BCUT2D eigenvalue weighted by Crippen LogP contribution is -2.57. The Bertz CT molecular complexity index is 3060. The average molecular weight is 1050 g/mol. The summed E-state index contributed by atoms with van der Waals surface area (Å²) in [4.78, 5) is 68.4. The number of aliphatic hydroxyl groups is 1. The van der Waals surface area contributed by atoms with Crippen LogP contribution in [0.3, 0.4) is 0 Å². The minimum atomic E-state index is -1.05. The number of thiophene rings is 1. The minimum absolute atomic E-state index is 0.00310. The van der Waals surface area contributed by atoms with Crippen LogP contribution in [0.1, 0.15) is 116 Å². The zero-order valence-electron chi connectivity index (χ0n) is 42.4. The largest absolute Gasteiger partial charge is 0.489 e. The highest BCUT2D eigenvalue weighted by atomic mass is 35.5. The zero-order chi connectivity index (χ0) is 52.5. The number of likely N-dealkylation sites (tertiary alicyclic amines) is 1. The molecular weight excluding hydrogens is 989 g/mol. The highest BCUT2D eigenvalue weighted by Crippen LogP contribution is 2.40. The van der Waals surface area contributed by atoms with Gasteiger partial charge in [-0.3, -0.25) is 28.7 Å². The van der Waals surface area contributed by atoms with Crippen molar-refractivity contribution in [2.24, 2.45) is 10.4 Å². The lowest BCUT2D eigenvalue weighted by atomic mass is 9.85. The second-order valence-electron chi connectivity index (χ2n) is 20.0. The van der Waals surface area contributed by atoms with Gasteiger partial charge in [0, 0.05) is 40.4 Å². The smallest absolute Gasteiger partial charge is 0.246 e. The number of β-amino-alcohol motifs (C(OH)–C–C–N with tert-alkyl or cyclic N) is 1. The Morgan fingerprint density at radius 3 is 2.34 bits per heavy atom. The Morgan fingerprint density at radius 1 is 0.945 bits per heavy atom. The van der Waals surface area contributed by atoms with Gasteiger partial charge in [0.05, 0.1) is 46.9 Å². The lowest BCUT2D eigenvalue weighted by molar-refractivity contribution is -0.144. The van der Waals surface area contributed by atoms with Crippen LogP contribution in [-0.4, -0.2) is 96.5 Å². The number of aryl methyl sites for hydroxylation is 4. The molecule has 2 aliphatic rings. The minimum Gasteiger partial charge on any atom is -0.489 e. The van der Waals surface area contributed by atoms with Gasteiger partial charge in [-0.1, -0.05) is 68.8 Å². The van der Waals surface area contributed by atoms with E-state index >= 15 is 4.39 Å². The van der Waals surface area contributed by atoms with E-state index in [2.05, 4.69) is 45.0 Å². The number of aromatic nitrogens is 4. The molecule has 0 saturated carbocycles. The van der Waals surface area contributed by atoms with E-state index in [1.807, 2.05) is 73.9 Å². The number of benzene rings is 3. The molecule has 3 aromatic heterocycles. The quantitative estimate of drug-likeness (QED) is 0.0735. The number of nitrogens with zero attached hydrogens (tertiary/aromatic N) is 6. The van der Waals surface area contributed by atoms with Crippen molar-refractivity contribution in [3.8, 4) is 21.2 Å². The fourth-order valence-electron chi connectivity index (χ4n) is 9.22. The van der Waals surface area contributed by atoms with Gasteiger partial charge in [-0.15, -0.1) is 32.9 Å². The molecule has 3 aromatic carbocycles. The second-order valence-corrected chi connectivity index (χ2v) is 22.5. The molecule has 2 unspecified atom stereocenters. The number of hydrogen-bond donors (Lipinski definition) is 4. The van der Waals surface area contributed by atoms with Crippen LogP contribution in [0.4, 0.5) is 4.39 Å². The van der Waals surface area contributed by atoms with Crippen LogP contribution >= 0.6 is 34.3 Å². The fraction of sp³-hybridized carbons (Fsp3) is 0.407. The molecule has 0 aliphatic carbocycles. The van der Waals surface area contributed by atoms with Gasteiger partial charge >= 0.3 is 0 Å². The van der Waals surface area contributed by atoms with Crippen molar-refractivity contribution >= 4 is 63.6 Å². The maximum Gasteiger partial charge on any atom is 0.246 e. The van der Waals surface area contributed by atoms with Crippen molar-refractivity contribution in [3.63, 3.8) is 0 Å². The highest BCUT2D eigenvalue weighted by molar-refractivity contribution is 7.15. The van der Waals surface area contributed by atoms with E-state index in [1.165, 1.54) is 23.1 Å². The monoisotopic (exact) mass is 1050 g/mol. The molecule has 6 aromatic rings. The van der Waals surface area contributed by atoms with E-state index < -0.39 is 65.3 Å². The number of nitrogens with one attached hydrogen (secondary N) is 3. The topological polar surface area (TPSA) is 193 Å². The fourth-order valence-corrected chi connectivity index (χ4v) is 11.4. The van der Waals surface area contributed by atoms with E-state index in [-0.39, 0.29) is 50.2 Å². The maximum atomic E-state index is 15.3. The molecule has 5 heterocycles. The van der Waals surface area contributed by atoms with E-state index in [4.69, 9.17) is 21.3 Å². The zero-order valence-corrected chi connectivity index (χ0v) is 44.8. The van der Waals surface area contributed by atoms with Crippen LogP contribution in [0.25, 0.3) is 15.4 Å². The number of amides is 4. The van der Waals surface area contributed by atoms with E-state index in [0.717, 1.165) is 54.0 Å². The molecule has 384 valence electrons. The van der Waals surface area contributed by atoms with Crippen molar-refractivity contribution in [1.29, 1.82) is 0 Å². The number of carbonyl (C=O) groups is 4. The van der Waals surface area contributed by atoms with Crippen molar-refractivity contribution in [2.75, 3.05) is 13.1 Å². The molecule has 15 nitrogen and oxygen atoms in total. The van der Waals surface area contributed by atoms with Gasteiger partial charge in [-0.25, -0.2) is 9.37 Å². The summed E-state index contributed by atoms with van der Waals surface area (Å²) in [5.74, 6) is -0.628. The number of fused-ring (bicyclic) bond motifs is 3. The summed E-state index contributed by atoms with van der Waals surface area (Å²) in [5.41, 5.74) is 7.74. The Labute approximate surface area is 437 Å². The molecule has 1 saturated heterocycles. The van der Waals surface area contributed by atoms with E-state index in [1.54, 1.807) is 55.9 Å². The third kappa shape index (κ3) is 11.9. The summed E-state index contributed by atoms with van der Waals surface area (Å²) in [6, 6.07) is 16.6. The van der Waals surface area contributed by atoms with Crippen molar-refractivity contribution in [2.45, 2.75) is 124 Å². The third-order valence-corrected chi connectivity index (χ3v) is 15.8. The standard InChI is InChI=1S/C54H61ClFN9O6S2/c1-28(25-57-45(68)24-42-50-63-62-33(6)65(50)53-46(29(2)32(5)73-53)47(60-42)35-14-17-38(55)18-15-35)71-40-19-20-41(56)37(22-40)16-21-44(67)61-49(54(7,8)9)52(70)64-26-39(66)23-43(64)51(69)59-30(3)34-10-12-36(13-11-34)48-31(4)58-27-72-48/h10-15,17-20,22,27-28,30,39,42-43,49,66H,16,21,23-26H2,1-9H3,(H,57,68)(H,59,69)(H,61,67)/t28?,30-,39+,42?,43-,49+/m0/s1. The van der Waals surface area contributed by atoms with Gasteiger partial charge in [-0.2, -0.15) is 0 Å². The number of aliphatic imine (C=N–C) groups is 1. The van der Waals surface area contributed by atoms with Gasteiger partial charge in [0.1, 0.15) is 46.6 Å². The molecule has 2 aliphatic heterocycles. The Hall–Kier alpha value is -6.34. The summed E-state index contributed by atoms with van der Waals surface area (Å²) < 4.78 is 23.4. The number of carbonyl (C=O) groups excluding carboxylic acids is 4. The van der Waals surface area contributed by atoms with Crippen molar-refractivity contribution < 1.29 is 33.4 Å². The van der Waals surface area contributed by atoms with Crippen LogP contribution in [0, 0.1) is 38.9 Å². The Balaban J connectivity index is 0.862. The van der Waals surface area contributed by atoms with Crippen LogP contribution in [0.15, 0.2) is 77.2 Å². The first-order valence-electron chi connectivity index (χ1n) is 24.3. The van der Waals surface area contributed by atoms with E-state index in [9.17, 15) is 24.3 Å². The summed E-state index contributed by atoms with van der Waals surface area (Å²) >= 11 is 9.45. The number of thiazole rings is 1. The molecule has 4 amide bonds. The first kappa shape index (κ1) is 53.0. The van der Waals surface area contributed by atoms with Crippen LogP contribution < -0.4 is 20.7 Å². The maximum absolute atomic E-state index is 15.3. The highest BCUT2D eigenvalue weighted by Gasteiger charge is 2.45. The van der Waals surface area contributed by atoms with E-state index in [0.29, 0.717) is 22.4 Å². The van der Waals surface area contributed by atoms with Crippen LogP contribution in [0.2, 0.25) is 5.02 Å². The molecular formula is C54H61ClFN9O6S2. The number of halogens is 2.